The lowest BCUT2D eigenvalue weighted by atomic mass is 10.2. The molecule has 1 aromatic carbocycles. The second-order valence-corrected chi connectivity index (χ2v) is 6.11. The molecule has 1 fully saturated rings. The third kappa shape index (κ3) is 2.67. The van der Waals surface area contributed by atoms with Gasteiger partial charge < -0.3 is 4.90 Å². The smallest absolute Gasteiger partial charge is 0.246 e. The molecule has 1 aromatic rings. The molecule has 1 aliphatic rings. The van der Waals surface area contributed by atoms with Crippen LogP contribution in [0.15, 0.2) is 29.2 Å². The van der Waals surface area contributed by atoms with Gasteiger partial charge in [0, 0.05) is 11.9 Å². The summed E-state index contributed by atoms with van der Waals surface area (Å²) in [5, 5.41) is 2.20. The van der Waals surface area contributed by atoms with E-state index in [1.807, 2.05) is 0 Å². The molecule has 96 valence electrons. The molecule has 1 N–H and O–H groups in total. The van der Waals surface area contributed by atoms with E-state index in [1.54, 1.807) is 17.0 Å². The van der Waals surface area contributed by atoms with E-state index in [4.69, 9.17) is 0 Å². The monoisotopic (exact) mass is 268 g/mol. The summed E-state index contributed by atoms with van der Waals surface area (Å²) in [7, 11) is -3.24. The molecule has 6 nitrogen and oxygen atoms in total. The average molecular weight is 268 g/mol. The molecule has 7 heteroatoms. The van der Waals surface area contributed by atoms with Crippen molar-refractivity contribution in [3.63, 3.8) is 0 Å². The minimum Gasteiger partial charge on any atom is -0.353 e. The molecule has 0 atom stereocenters. The van der Waals surface area contributed by atoms with Crippen molar-refractivity contribution in [2.75, 3.05) is 24.2 Å². The van der Waals surface area contributed by atoms with Crippen LogP contribution in [-0.2, 0) is 19.4 Å². The highest BCUT2D eigenvalue weighted by Gasteiger charge is 2.22. The number of amides is 2. The molecule has 0 unspecified atom stereocenters. The topological polar surface area (TPSA) is 83.6 Å². The zero-order valence-corrected chi connectivity index (χ0v) is 10.5. The van der Waals surface area contributed by atoms with E-state index in [1.165, 1.54) is 12.1 Å². The zero-order chi connectivity index (χ0) is 13.3. The fraction of sp³-hybridized carbons (Fsp3) is 0.273. The molecule has 0 aromatic heterocycles. The third-order valence-corrected chi connectivity index (χ3v) is 3.71. The second kappa shape index (κ2) is 4.41. The van der Waals surface area contributed by atoms with Crippen molar-refractivity contribution >= 4 is 27.3 Å². The van der Waals surface area contributed by atoms with E-state index in [0.717, 1.165) is 6.26 Å². The van der Waals surface area contributed by atoms with Gasteiger partial charge in [0.2, 0.25) is 11.8 Å². The number of carbonyl (C=O) groups is 2. The highest BCUT2D eigenvalue weighted by atomic mass is 32.2. The van der Waals surface area contributed by atoms with Crippen molar-refractivity contribution < 1.29 is 18.0 Å². The van der Waals surface area contributed by atoms with Crippen molar-refractivity contribution in [1.29, 1.82) is 0 Å². The van der Waals surface area contributed by atoms with Gasteiger partial charge in [-0.3, -0.25) is 14.9 Å². The number of sulfone groups is 1. The largest absolute Gasteiger partial charge is 0.353 e. The lowest BCUT2D eigenvalue weighted by Crippen LogP contribution is -2.51. The lowest BCUT2D eigenvalue weighted by molar-refractivity contribution is -0.130. The molecule has 0 radical (unpaired) electrons. The first-order chi connectivity index (χ1) is 8.36. The van der Waals surface area contributed by atoms with Crippen LogP contribution in [0.4, 0.5) is 5.69 Å². The molecule has 0 bridgehead atoms. The van der Waals surface area contributed by atoms with Crippen molar-refractivity contribution in [2.24, 2.45) is 0 Å². The number of nitrogens with one attached hydrogen (secondary N) is 1. The minimum absolute atomic E-state index is 0.0873. The maximum Gasteiger partial charge on any atom is 0.246 e. The summed E-state index contributed by atoms with van der Waals surface area (Å²) in [6, 6.07) is 6.09. The molecule has 2 amide bonds. The van der Waals surface area contributed by atoms with E-state index in [2.05, 4.69) is 5.32 Å². The first-order valence-corrected chi connectivity index (χ1v) is 7.13. The summed E-state index contributed by atoms with van der Waals surface area (Å²) >= 11 is 0. The molecule has 18 heavy (non-hydrogen) atoms. The number of hydrogen-bond acceptors (Lipinski definition) is 5. The summed E-state index contributed by atoms with van der Waals surface area (Å²) in [5.74, 6) is -0.725. The van der Waals surface area contributed by atoms with Gasteiger partial charge in [0.25, 0.3) is 0 Å². The number of piperazine rings is 1. The molecule has 0 aliphatic carbocycles. The Balaban J connectivity index is 2.24. The Kier molecular flexibility index (Phi) is 3.08. The predicted molar refractivity (Wildman–Crippen MR) is 64.9 cm³/mol. The van der Waals surface area contributed by atoms with Crippen molar-refractivity contribution in [2.45, 2.75) is 4.90 Å². The summed E-state index contributed by atoms with van der Waals surface area (Å²) in [5.41, 5.74) is 0.644. The molecular weight excluding hydrogens is 256 g/mol. The number of hydrogen-bond donors (Lipinski definition) is 1. The molecular formula is C11H12N2O4S. The van der Waals surface area contributed by atoms with Crippen LogP contribution in [0.3, 0.4) is 0 Å². The molecule has 0 saturated carbocycles. The Morgan fingerprint density at radius 2 is 1.56 bits per heavy atom. The maximum atomic E-state index is 11.3. The lowest BCUT2D eigenvalue weighted by Gasteiger charge is -2.27. The highest BCUT2D eigenvalue weighted by molar-refractivity contribution is 7.90. The minimum atomic E-state index is -3.24. The second-order valence-electron chi connectivity index (χ2n) is 4.09. The summed E-state index contributed by atoms with van der Waals surface area (Å²) < 4.78 is 22.6. The van der Waals surface area contributed by atoms with Gasteiger partial charge in [-0.15, -0.1) is 0 Å². The van der Waals surface area contributed by atoms with Crippen molar-refractivity contribution in [3.8, 4) is 0 Å². The van der Waals surface area contributed by atoms with Gasteiger partial charge in [-0.2, -0.15) is 0 Å². The number of nitrogens with zero attached hydrogens (tertiary/aromatic N) is 1. The fourth-order valence-electron chi connectivity index (χ4n) is 1.72. The molecule has 1 aliphatic heterocycles. The summed E-state index contributed by atoms with van der Waals surface area (Å²) in [6.07, 6.45) is 1.12. The molecule has 2 rings (SSSR count). The van der Waals surface area contributed by atoms with Gasteiger partial charge in [0.05, 0.1) is 18.0 Å². The Hall–Kier alpha value is -1.89. The van der Waals surface area contributed by atoms with Crippen molar-refractivity contribution in [3.05, 3.63) is 24.3 Å². The van der Waals surface area contributed by atoms with Crippen LogP contribution in [0.5, 0.6) is 0 Å². The van der Waals surface area contributed by atoms with Crippen LogP contribution in [-0.4, -0.2) is 39.6 Å². The van der Waals surface area contributed by atoms with Gasteiger partial charge >= 0.3 is 0 Å². The average Bonchev–Trinajstić information content (AvgIpc) is 2.27. The molecule has 0 spiro atoms. The van der Waals surface area contributed by atoms with E-state index in [0.29, 0.717) is 5.69 Å². The Labute approximate surface area is 105 Å². The van der Waals surface area contributed by atoms with Crippen LogP contribution in [0.1, 0.15) is 0 Å². The molecule has 1 heterocycles. The van der Waals surface area contributed by atoms with Crippen LogP contribution in [0.25, 0.3) is 0 Å². The van der Waals surface area contributed by atoms with Crippen molar-refractivity contribution in [1.82, 2.24) is 5.32 Å². The quantitative estimate of drug-likeness (QED) is 0.735. The van der Waals surface area contributed by atoms with Gasteiger partial charge in [0.15, 0.2) is 9.84 Å². The van der Waals surface area contributed by atoms with Gasteiger partial charge in [-0.25, -0.2) is 8.42 Å². The number of carbonyl (C=O) groups excluding carboxylic acids is 2. The summed E-state index contributed by atoms with van der Waals surface area (Å²) in [6.45, 7) is 0.175. The Bertz CT molecular complexity index is 576. The van der Waals surface area contributed by atoms with Gasteiger partial charge in [-0.05, 0) is 24.3 Å². The van der Waals surface area contributed by atoms with E-state index in [9.17, 15) is 18.0 Å². The standard InChI is InChI=1S/C11H12N2O4S/c1-18(16,17)9-4-2-8(3-5-9)13-6-10(14)12-11(15)7-13/h2-5H,6-7H2,1H3,(H,12,14,15). The fourth-order valence-corrected chi connectivity index (χ4v) is 2.35. The predicted octanol–water partition coefficient (Wildman–Crippen LogP) is -0.447. The van der Waals surface area contributed by atoms with Gasteiger partial charge in [-0.1, -0.05) is 0 Å². The first-order valence-electron chi connectivity index (χ1n) is 5.24. The van der Waals surface area contributed by atoms with E-state index >= 15 is 0 Å². The van der Waals surface area contributed by atoms with E-state index < -0.39 is 9.84 Å². The van der Waals surface area contributed by atoms with Crippen LogP contribution in [0.2, 0.25) is 0 Å². The normalized spacial score (nSPS) is 16.6. The number of rotatable bonds is 2. The third-order valence-electron chi connectivity index (χ3n) is 2.58. The highest BCUT2D eigenvalue weighted by Crippen LogP contribution is 2.18. The molecule has 1 saturated heterocycles. The van der Waals surface area contributed by atoms with Crippen LogP contribution in [0, 0.1) is 0 Å². The van der Waals surface area contributed by atoms with Crippen LogP contribution >= 0.6 is 0 Å². The Morgan fingerprint density at radius 3 is 2.00 bits per heavy atom. The van der Waals surface area contributed by atoms with Gasteiger partial charge in [0.1, 0.15) is 0 Å². The number of benzene rings is 1. The Morgan fingerprint density at radius 1 is 1.06 bits per heavy atom. The SMILES string of the molecule is CS(=O)(=O)c1ccc(N2CC(=O)NC(=O)C2)cc1. The van der Waals surface area contributed by atoms with Crippen LogP contribution < -0.4 is 10.2 Å². The number of anilines is 1. The summed E-state index contributed by atoms with van der Waals surface area (Å²) in [4.78, 5) is 24.2. The maximum absolute atomic E-state index is 11.3. The van der Waals surface area contributed by atoms with E-state index in [-0.39, 0.29) is 29.8 Å². The number of imide groups is 1. The zero-order valence-electron chi connectivity index (χ0n) is 9.71. The first kappa shape index (κ1) is 12.6.